The topological polar surface area (TPSA) is 12.5 Å². The van der Waals surface area contributed by atoms with Gasteiger partial charge in [0.15, 0.2) is 0 Å². The predicted octanol–water partition coefficient (Wildman–Crippen LogP) is 3.66. The van der Waals surface area contributed by atoms with Gasteiger partial charge in [-0.15, -0.1) is 24.0 Å². The number of halogens is 2. The van der Waals surface area contributed by atoms with Gasteiger partial charge in [-0.05, 0) is 45.0 Å². The molecule has 4 heteroatoms. The Morgan fingerprint density at radius 3 is 2.33 bits per heavy atom. The number of alkyl halides is 1. The highest BCUT2D eigenvalue weighted by Gasteiger charge is 2.03. The van der Waals surface area contributed by atoms with Gasteiger partial charge in [-0.25, -0.2) is 0 Å². The first-order valence-electron chi connectivity index (χ1n) is 6.08. The Hall–Kier alpha value is -0.440. The third-order valence-electron chi connectivity index (χ3n) is 2.80. The number of likely N-dealkylation sites (N-methyl/N-ethyl adjacent to an activating group) is 1. The fraction of sp³-hybridized carbons (Fsp3) is 0.571. The summed E-state index contributed by atoms with van der Waals surface area (Å²) in [5, 5.41) is 0. The van der Waals surface area contributed by atoms with E-state index in [2.05, 4.69) is 44.0 Å². The molecule has 0 aliphatic rings. The Bertz CT molecular complexity index is 324. The fourth-order valence-electron chi connectivity index (χ4n) is 1.77. The lowest BCUT2D eigenvalue weighted by Gasteiger charge is -2.17. The molecule has 0 spiro atoms. The average Bonchev–Trinajstić information content (AvgIpc) is 2.30. The molecule has 0 aromatic heterocycles. The Morgan fingerprint density at radius 2 is 1.78 bits per heavy atom. The molecule has 0 aliphatic carbocycles. The lowest BCUT2D eigenvalue weighted by molar-refractivity contribution is 0.236. The number of rotatable bonds is 7. The van der Waals surface area contributed by atoms with E-state index in [9.17, 15) is 0 Å². The third-order valence-corrected chi connectivity index (χ3v) is 3.07. The lowest BCUT2D eigenvalue weighted by atomic mass is 10.1. The Kier molecular flexibility index (Phi) is 9.25. The first-order chi connectivity index (χ1) is 8.15. The number of nitrogens with zero attached hydrogens (tertiary/aromatic N) is 1. The number of aryl methyl sites for hydroxylation is 2. The molecule has 104 valence electrons. The molecule has 0 heterocycles. The number of ether oxygens (including phenoxy) is 1. The highest BCUT2D eigenvalue weighted by atomic mass is 35.5. The summed E-state index contributed by atoms with van der Waals surface area (Å²) in [6.45, 7) is 6.86. The first kappa shape index (κ1) is 17.6. The van der Waals surface area contributed by atoms with Crippen molar-refractivity contribution >= 4 is 24.0 Å². The van der Waals surface area contributed by atoms with E-state index in [4.69, 9.17) is 16.3 Å². The molecule has 0 N–H and O–H groups in total. The molecular formula is C14H23Cl2NO. The molecule has 0 fully saturated rings. The normalized spacial score (nSPS) is 10.3. The summed E-state index contributed by atoms with van der Waals surface area (Å²) < 4.78 is 5.84. The van der Waals surface area contributed by atoms with Crippen molar-refractivity contribution < 1.29 is 4.74 Å². The van der Waals surface area contributed by atoms with Crippen molar-refractivity contribution in [1.29, 1.82) is 0 Å². The minimum atomic E-state index is 0. The minimum absolute atomic E-state index is 0. The molecule has 0 radical (unpaired) electrons. The van der Waals surface area contributed by atoms with Crippen LogP contribution in [0.15, 0.2) is 18.2 Å². The number of hydrogen-bond donors (Lipinski definition) is 0. The summed E-state index contributed by atoms with van der Waals surface area (Å²) in [5.41, 5.74) is 2.40. The van der Waals surface area contributed by atoms with Gasteiger partial charge in [-0.3, -0.25) is 0 Å². The van der Waals surface area contributed by atoms with Crippen LogP contribution in [0.4, 0.5) is 0 Å². The average molecular weight is 292 g/mol. The third kappa shape index (κ3) is 5.94. The van der Waals surface area contributed by atoms with Crippen LogP contribution in [0.5, 0.6) is 5.75 Å². The molecule has 1 aromatic carbocycles. The van der Waals surface area contributed by atoms with Gasteiger partial charge in [0.1, 0.15) is 12.4 Å². The second-order valence-corrected chi connectivity index (χ2v) is 4.79. The van der Waals surface area contributed by atoms with E-state index in [-0.39, 0.29) is 12.4 Å². The molecular weight excluding hydrogens is 269 g/mol. The van der Waals surface area contributed by atoms with Crippen molar-refractivity contribution in [2.24, 2.45) is 0 Å². The molecule has 18 heavy (non-hydrogen) atoms. The molecule has 0 saturated carbocycles. The summed E-state index contributed by atoms with van der Waals surface area (Å²) in [6.07, 6.45) is 1.03. The summed E-state index contributed by atoms with van der Waals surface area (Å²) in [6, 6.07) is 6.23. The zero-order valence-corrected chi connectivity index (χ0v) is 13.0. The van der Waals surface area contributed by atoms with Crippen LogP contribution in [0.3, 0.4) is 0 Å². The first-order valence-corrected chi connectivity index (χ1v) is 6.62. The number of para-hydroxylation sites is 1. The predicted molar refractivity (Wildman–Crippen MR) is 81.5 cm³/mol. The van der Waals surface area contributed by atoms with E-state index in [1.165, 1.54) is 11.1 Å². The van der Waals surface area contributed by atoms with Crippen LogP contribution in [0, 0.1) is 13.8 Å². The summed E-state index contributed by atoms with van der Waals surface area (Å²) in [5.74, 6) is 1.75. The highest BCUT2D eigenvalue weighted by molar-refractivity contribution is 6.17. The van der Waals surface area contributed by atoms with Crippen molar-refractivity contribution in [2.75, 3.05) is 32.6 Å². The molecule has 0 unspecified atom stereocenters. The van der Waals surface area contributed by atoms with E-state index in [0.717, 1.165) is 37.7 Å². The van der Waals surface area contributed by atoms with Crippen LogP contribution in [-0.2, 0) is 0 Å². The zero-order chi connectivity index (χ0) is 12.7. The highest BCUT2D eigenvalue weighted by Crippen LogP contribution is 2.21. The van der Waals surface area contributed by atoms with Gasteiger partial charge in [0.05, 0.1) is 0 Å². The Labute approximate surface area is 122 Å². The van der Waals surface area contributed by atoms with Crippen LogP contribution in [-0.4, -0.2) is 37.5 Å². The van der Waals surface area contributed by atoms with Crippen molar-refractivity contribution in [3.8, 4) is 5.75 Å². The second kappa shape index (κ2) is 9.48. The van der Waals surface area contributed by atoms with E-state index in [1.54, 1.807) is 0 Å². The molecule has 0 bridgehead atoms. The zero-order valence-electron chi connectivity index (χ0n) is 11.4. The van der Waals surface area contributed by atoms with Crippen LogP contribution in [0.25, 0.3) is 0 Å². The van der Waals surface area contributed by atoms with Gasteiger partial charge < -0.3 is 9.64 Å². The van der Waals surface area contributed by atoms with E-state index in [0.29, 0.717) is 0 Å². The summed E-state index contributed by atoms with van der Waals surface area (Å²) >= 11 is 5.66. The van der Waals surface area contributed by atoms with Crippen LogP contribution >= 0.6 is 24.0 Å². The number of hydrogen-bond acceptors (Lipinski definition) is 2. The molecule has 0 amide bonds. The van der Waals surface area contributed by atoms with Gasteiger partial charge >= 0.3 is 0 Å². The smallest absolute Gasteiger partial charge is 0.125 e. The monoisotopic (exact) mass is 291 g/mol. The van der Waals surface area contributed by atoms with Gasteiger partial charge in [-0.1, -0.05) is 18.2 Å². The second-order valence-electron chi connectivity index (χ2n) is 4.42. The molecule has 1 aromatic rings. The number of benzene rings is 1. The van der Waals surface area contributed by atoms with E-state index in [1.807, 2.05) is 0 Å². The summed E-state index contributed by atoms with van der Waals surface area (Å²) in [4.78, 5) is 2.25. The summed E-state index contributed by atoms with van der Waals surface area (Å²) in [7, 11) is 2.10. The molecule has 0 atom stereocenters. The van der Waals surface area contributed by atoms with E-state index >= 15 is 0 Å². The van der Waals surface area contributed by atoms with Crippen LogP contribution in [0.1, 0.15) is 17.5 Å². The van der Waals surface area contributed by atoms with Gasteiger partial charge in [-0.2, -0.15) is 0 Å². The minimum Gasteiger partial charge on any atom is -0.492 e. The standard InChI is InChI=1S/C14H22ClNO.ClH/c1-12-6-4-7-13(2)14(12)17-11-10-16(3)9-5-8-15;/h4,6-7H,5,8-11H2,1-3H3;1H. The van der Waals surface area contributed by atoms with Crippen molar-refractivity contribution in [3.05, 3.63) is 29.3 Å². The van der Waals surface area contributed by atoms with Crippen LogP contribution < -0.4 is 4.74 Å². The maximum Gasteiger partial charge on any atom is 0.125 e. The molecule has 0 saturated heterocycles. The van der Waals surface area contributed by atoms with Gasteiger partial charge in [0.2, 0.25) is 0 Å². The Balaban J connectivity index is 0.00000289. The van der Waals surface area contributed by atoms with Crippen molar-refractivity contribution in [2.45, 2.75) is 20.3 Å². The molecule has 1 rings (SSSR count). The lowest BCUT2D eigenvalue weighted by Crippen LogP contribution is -2.25. The maximum absolute atomic E-state index is 5.84. The van der Waals surface area contributed by atoms with E-state index < -0.39 is 0 Å². The Morgan fingerprint density at radius 1 is 1.17 bits per heavy atom. The van der Waals surface area contributed by atoms with Gasteiger partial charge in [0.25, 0.3) is 0 Å². The fourth-order valence-corrected chi connectivity index (χ4v) is 1.89. The quantitative estimate of drug-likeness (QED) is 0.711. The largest absolute Gasteiger partial charge is 0.492 e. The SMILES string of the molecule is Cc1cccc(C)c1OCCN(C)CCCCl.Cl. The maximum atomic E-state index is 5.84. The van der Waals surface area contributed by atoms with Gasteiger partial charge in [0, 0.05) is 12.4 Å². The molecule has 0 aliphatic heterocycles. The van der Waals surface area contributed by atoms with Crippen LogP contribution in [0.2, 0.25) is 0 Å². The molecule has 2 nitrogen and oxygen atoms in total. The van der Waals surface area contributed by atoms with Crippen molar-refractivity contribution in [3.63, 3.8) is 0 Å². The van der Waals surface area contributed by atoms with Crippen molar-refractivity contribution in [1.82, 2.24) is 4.90 Å².